The van der Waals surface area contributed by atoms with Crippen LogP contribution in [-0.2, 0) is 11.3 Å². The Balaban J connectivity index is 1.24. The molecule has 0 spiro atoms. The van der Waals surface area contributed by atoms with Crippen LogP contribution < -0.4 is 4.90 Å². The molecular formula is C19H27N6OS+. The fourth-order valence-corrected chi connectivity index (χ4v) is 4.86. The predicted octanol–water partition coefficient (Wildman–Crippen LogP) is 0.808. The van der Waals surface area contributed by atoms with Gasteiger partial charge in [0.05, 0.1) is 38.0 Å². The number of benzene rings is 1. The van der Waals surface area contributed by atoms with E-state index in [1.54, 1.807) is 4.90 Å². The van der Waals surface area contributed by atoms with Crippen molar-refractivity contribution in [1.29, 1.82) is 0 Å². The molecule has 1 saturated heterocycles. The summed E-state index contributed by atoms with van der Waals surface area (Å²) in [6.07, 6.45) is 4.75. The fraction of sp³-hybridized carbons (Fsp3) is 0.579. The lowest BCUT2D eigenvalue weighted by atomic mass is 10.2. The first-order valence-electron chi connectivity index (χ1n) is 9.85. The van der Waals surface area contributed by atoms with Gasteiger partial charge in [0.1, 0.15) is 6.54 Å². The summed E-state index contributed by atoms with van der Waals surface area (Å²) in [6.45, 7) is 4.70. The van der Waals surface area contributed by atoms with Crippen molar-refractivity contribution in [2.45, 2.75) is 43.4 Å². The number of carbonyl (C=O) groups excluding carboxylic acids is 1. The molecule has 1 amide bonds. The average Bonchev–Trinajstić information content (AvgIpc) is 3.39. The average molecular weight is 388 g/mol. The number of aromatic nitrogens is 4. The summed E-state index contributed by atoms with van der Waals surface area (Å²) in [7, 11) is 0. The number of hydrogen-bond donors (Lipinski definition) is 1. The summed E-state index contributed by atoms with van der Waals surface area (Å²) in [6, 6.07) is 11.0. The highest BCUT2D eigenvalue weighted by molar-refractivity contribution is 7.99. The van der Waals surface area contributed by atoms with Gasteiger partial charge < -0.3 is 9.80 Å². The number of thioether (sulfide) groups is 1. The number of tetrazole rings is 1. The highest BCUT2D eigenvalue weighted by atomic mass is 32.2. The van der Waals surface area contributed by atoms with Crippen LogP contribution >= 0.6 is 11.8 Å². The van der Waals surface area contributed by atoms with Crippen molar-refractivity contribution < 1.29 is 9.69 Å². The van der Waals surface area contributed by atoms with Crippen LogP contribution in [0.4, 0.5) is 0 Å². The van der Waals surface area contributed by atoms with Gasteiger partial charge in [-0.1, -0.05) is 54.9 Å². The van der Waals surface area contributed by atoms with E-state index in [1.807, 2.05) is 9.58 Å². The summed E-state index contributed by atoms with van der Waals surface area (Å²) in [5, 5.41) is 12.9. The lowest BCUT2D eigenvalue weighted by Crippen LogP contribution is -3.13. The van der Waals surface area contributed by atoms with Gasteiger partial charge in [0.15, 0.2) is 0 Å². The first-order chi connectivity index (χ1) is 13.3. The molecule has 1 aliphatic carbocycles. The molecule has 144 valence electrons. The monoisotopic (exact) mass is 387 g/mol. The molecule has 2 heterocycles. The molecule has 1 N–H and O–H groups in total. The van der Waals surface area contributed by atoms with Crippen LogP contribution in [0.1, 0.15) is 37.3 Å². The van der Waals surface area contributed by atoms with Crippen molar-refractivity contribution >= 4 is 17.7 Å². The molecule has 7 nitrogen and oxygen atoms in total. The quantitative estimate of drug-likeness (QED) is 0.743. The van der Waals surface area contributed by atoms with Crippen molar-refractivity contribution in [2.75, 3.05) is 31.9 Å². The van der Waals surface area contributed by atoms with E-state index >= 15 is 0 Å². The Labute approximate surface area is 164 Å². The topological polar surface area (TPSA) is 68.4 Å². The maximum atomic E-state index is 12.6. The number of amides is 1. The van der Waals surface area contributed by atoms with Crippen LogP contribution in [-0.4, -0.2) is 62.9 Å². The maximum Gasteiger partial charge on any atom is 0.233 e. The summed E-state index contributed by atoms with van der Waals surface area (Å²) < 4.78 is 1.92. The second kappa shape index (κ2) is 8.84. The number of carbonyl (C=O) groups is 1. The van der Waals surface area contributed by atoms with Crippen LogP contribution in [0.5, 0.6) is 0 Å². The first kappa shape index (κ1) is 18.4. The van der Waals surface area contributed by atoms with Crippen molar-refractivity contribution in [2.24, 2.45) is 0 Å². The van der Waals surface area contributed by atoms with Crippen molar-refractivity contribution in [3.05, 3.63) is 35.9 Å². The highest BCUT2D eigenvalue weighted by Crippen LogP contribution is 2.31. The number of hydrogen-bond acceptors (Lipinski definition) is 5. The van der Waals surface area contributed by atoms with Gasteiger partial charge in [0.2, 0.25) is 11.1 Å². The zero-order valence-corrected chi connectivity index (χ0v) is 16.4. The van der Waals surface area contributed by atoms with Gasteiger partial charge in [0.25, 0.3) is 0 Å². The van der Waals surface area contributed by atoms with Crippen LogP contribution in [0.15, 0.2) is 35.5 Å². The van der Waals surface area contributed by atoms with E-state index in [0.29, 0.717) is 11.8 Å². The Morgan fingerprint density at radius 1 is 1.15 bits per heavy atom. The third kappa shape index (κ3) is 4.68. The van der Waals surface area contributed by atoms with E-state index in [4.69, 9.17) is 0 Å². The van der Waals surface area contributed by atoms with Crippen molar-refractivity contribution in [3.8, 4) is 0 Å². The van der Waals surface area contributed by atoms with Gasteiger partial charge in [0, 0.05) is 5.56 Å². The minimum absolute atomic E-state index is 0.194. The molecule has 0 atom stereocenters. The van der Waals surface area contributed by atoms with Crippen molar-refractivity contribution in [3.63, 3.8) is 0 Å². The Morgan fingerprint density at radius 3 is 2.63 bits per heavy atom. The third-order valence-electron chi connectivity index (χ3n) is 5.58. The lowest BCUT2D eigenvalue weighted by Gasteiger charge is -2.32. The molecular weight excluding hydrogens is 360 g/mol. The van der Waals surface area contributed by atoms with Crippen LogP contribution in [0, 0.1) is 0 Å². The molecule has 1 aliphatic heterocycles. The minimum Gasteiger partial charge on any atom is -0.331 e. The Hall–Kier alpha value is -1.93. The molecule has 2 aromatic rings. The third-order valence-corrected chi connectivity index (χ3v) is 6.50. The fourth-order valence-electron chi connectivity index (χ4n) is 4.01. The van der Waals surface area contributed by atoms with E-state index < -0.39 is 0 Å². The number of nitrogens with one attached hydrogen (secondary N) is 1. The summed E-state index contributed by atoms with van der Waals surface area (Å²) in [5.74, 6) is 0.612. The van der Waals surface area contributed by atoms with Crippen molar-refractivity contribution in [1.82, 2.24) is 25.1 Å². The molecule has 0 radical (unpaired) electrons. The molecule has 1 aromatic heterocycles. The Bertz CT molecular complexity index is 738. The molecule has 1 aromatic carbocycles. The SMILES string of the molecule is O=C(CSc1nnnn1C1CCCC1)N1CC[NH+](Cc2ccccc2)CC1. The maximum absolute atomic E-state index is 12.6. The van der Waals surface area contributed by atoms with E-state index in [9.17, 15) is 4.79 Å². The van der Waals surface area contributed by atoms with Gasteiger partial charge in [-0.2, -0.15) is 0 Å². The zero-order valence-electron chi connectivity index (χ0n) is 15.6. The molecule has 2 aliphatic rings. The van der Waals surface area contributed by atoms with Gasteiger partial charge in [-0.15, -0.1) is 5.10 Å². The highest BCUT2D eigenvalue weighted by Gasteiger charge is 2.26. The Kier molecular flexibility index (Phi) is 6.03. The van der Waals surface area contributed by atoms with E-state index in [0.717, 1.165) is 50.7 Å². The van der Waals surface area contributed by atoms with Crippen LogP contribution in [0.2, 0.25) is 0 Å². The normalized spacial score (nSPS) is 18.9. The Morgan fingerprint density at radius 2 is 1.89 bits per heavy atom. The molecule has 0 unspecified atom stereocenters. The predicted molar refractivity (Wildman–Crippen MR) is 103 cm³/mol. The minimum atomic E-state index is 0.194. The van der Waals surface area contributed by atoms with Gasteiger partial charge in [-0.3, -0.25) is 4.79 Å². The lowest BCUT2D eigenvalue weighted by molar-refractivity contribution is -0.917. The second-order valence-electron chi connectivity index (χ2n) is 7.43. The number of nitrogens with zero attached hydrogens (tertiary/aromatic N) is 5. The number of piperazine rings is 1. The van der Waals surface area contributed by atoms with E-state index in [2.05, 4.69) is 45.9 Å². The standard InChI is InChI=1S/C19H26N6OS/c26-18(15-27-19-20-21-22-25(19)17-8-4-5-9-17)24-12-10-23(11-13-24)14-16-6-2-1-3-7-16/h1-3,6-7,17H,4-5,8-15H2/p+1. The molecule has 27 heavy (non-hydrogen) atoms. The molecule has 0 bridgehead atoms. The largest absolute Gasteiger partial charge is 0.331 e. The summed E-state index contributed by atoms with van der Waals surface area (Å²) in [4.78, 5) is 16.1. The number of quaternary nitrogens is 1. The van der Waals surface area contributed by atoms with Crippen LogP contribution in [0.25, 0.3) is 0 Å². The van der Waals surface area contributed by atoms with Crippen LogP contribution in [0.3, 0.4) is 0 Å². The molecule has 2 fully saturated rings. The van der Waals surface area contributed by atoms with E-state index in [1.165, 1.54) is 30.2 Å². The van der Waals surface area contributed by atoms with Gasteiger partial charge >= 0.3 is 0 Å². The van der Waals surface area contributed by atoms with Gasteiger partial charge in [-0.25, -0.2) is 4.68 Å². The number of rotatable bonds is 6. The smallest absolute Gasteiger partial charge is 0.233 e. The summed E-state index contributed by atoms with van der Waals surface area (Å²) in [5.41, 5.74) is 1.36. The summed E-state index contributed by atoms with van der Waals surface area (Å²) >= 11 is 1.47. The van der Waals surface area contributed by atoms with Gasteiger partial charge in [-0.05, 0) is 23.3 Å². The second-order valence-corrected chi connectivity index (χ2v) is 8.37. The first-order valence-corrected chi connectivity index (χ1v) is 10.8. The zero-order chi connectivity index (χ0) is 18.5. The molecule has 1 saturated carbocycles. The molecule has 4 rings (SSSR count). The van der Waals surface area contributed by atoms with E-state index in [-0.39, 0.29) is 5.91 Å². The molecule has 8 heteroatoms.